The molecule has 0 aliphatic heterocycles. The maximum atomic E-state index is 13.2. The smallest absolute Gasteiger partial charge is 0.481 e. The van der Waals surface area contributed by atoms with Crippen molar-refractivity contribution >= 4 is 5.69 Å². The highest BCUT2D eigenvalue weighted by Crippen LogP contribution is 2.40. The van der Waals surface area contributed by atoms with Gasteiger partial charge in [-0.2, -0.15) is 27.2 Å². The van der Waals surface area contributed by atoms with Crippen molar-refractivity contribution in [1.29, 1.82) is 5.26 Å². The lowest BCUT2D eigenvalue weighted by molar-refractivity contribution is -0.600. The molecule has 20 heavy (non-hydrogen) atoms. The maximum Gasteiger partial charge on any atom is 0.481 e. The van der Waals surface area contributed by atoms with Crippen LogP contribution in [0.4, 0.5) is 27.6 Å². The van der Waals surface area contributed by atoms with Crippen LogP contribution in [-0.4, -0.2) is 22.4 Å². The molecule has 0 saturated heterocycles. The molecule has 108 valence electrons. The zero-order chi connectivity index (χ0) is 15.6. The molecule has 11 heteroatoms. The van der Waals surface area contributed by atoms with Gasteiger partial charge in [0.1, 0.15) is 5.69 Å². The molecule has 0 amide bonds. The van der Waals surface area contributed by atoms with Gasteiger partial charge in [0.2, 0.25) is 5.28 Å². The van der Waals surface area contributed by atoms with Gasteiger partial charge < -0.3 is 10.4 Å². The molecule has 0 atom stereocenters. The van der Waals surface area contributed by atoms with E-state index in [1.807, 2.05) is 0 Å². The summed E-state index contributed by atoms with van der Waals surface area (Å²) in [6.07, 6.45) is -6.09. The first kappa shape index (κ1) is 15.4. The maximum absolute atomic E-state index is 13.2. The molecule has 0 heterocycles. The minimum atomic E-state index is -6.09. The van der Waals surface area contributed by atoms with Crippen molar-refractivity contribution in [3.05, 3.63) is 35.0 Å². The van der Waals surface area contributed by atoms with Gasteiger partial charge >= 0.3 is 12.2 Å². The zero-order valence-electron chi connectivity index (χ0n) is 9.34. The van der Waals surface area contributed by atoms with Gasteiger partial charge in [-0.3, -0.25) is 0 Å². The Kier molecular flexibility index (Phi) is 3.97. The standard InChI is InChI=1S/C9H5F5N4O2/c10-8(11,12)9(13,14)17(18(20)16-19)7-3-1-6(5-15)2-4-7/h1-4,19H/b18-16-. The van der Waals surface area contributed by atoms with E-state index in [1.54, 1.807) is 11.3 Å². The third-order valence-electron chi connectivity index (χ3n) is 2.10. The van der Waals surface area contributed by atoms with Crippen molar-refractivity contribution in [3.63, 3.8) is 0 Å². The van der Waals surface area contributed by atoms with E-state index in [4.69, 9.17) is 10.5 Å². The van der Waals surface area contributed by atoms with Gasteiger partial charge in [-0.25, -0.2) is 0 Å². The fourth-order valence-corrected chi connectivity index (χ4v) is 1.21. The van der Waals surface area contributed by atoms with Gasteiger partial charge in [-0.15, -0.1) is 0 Å². The number of hydrogen-bond donors (Lipinski definition) is 1. The molecule has 1 rings (SSSR count). The van der Waals surface area contributed by atoms with Crippen molar-refractivity contribution in [1.82, 2.24) is 0 Å². The lowest BCUT2D eigenvalue weighted by Gasteiger charge is -2.27. The Hall–Kier alpha value is -2.64. The van der Waals surface area contributed by atoms with Crippen LogP contribution in [0.15, 0.2) is 29.5 Å². The van der Waals surface area contributed by atoms with Gasteiger partial charge in [0.05, 0.1) is 16.6 Å². The van der Waals surface area contributed by atoms with E-state index in [1.165, 1.54) is 0 Å². The molecular weight excluding hydrogens is 291 g/mol. The minimum Gasteiger partial charge on any atom is -0.568 e. The number of nitriles is 1. The molecule has 0 aliphatic rings. The molecule has 0 unspecified atom stereocenters. The van der Waals surface area contributed by atoms with Gasteiger partial charge in [-0.05, 0) is 29.3 Å². The minimum absolute atomic E-state index is 0.0255. The van der Waals surface area contributed by atoms with E-state index in [-0.39, 0.29) is 5.56 Å². The van der Waals surface area contributed by atoms with Crippen molar-refractivity contribution < 1.29 is 32.1 Å². The summed E-state index contributed by atoms with van der Waals surface area (Å²) in [5, 5.41) is 28.2. The Morgan fingerprint density at radius 3 is 2.05 bits per heavy atom. The molecule has 0 bridgehead atoms. The summed E-state index contributed by atoms with van der Waals surface area (Å²) in [4.78, 5) is -1.31. The van der Waals surface area contributed by atoms with E-state index in [0.717, 1.165) is 12.1 Å². The summed E-state index contributed by atoms with van der Waals surface area (Å²) in [6, 6.07) is -0.820. The van der Waals surface area contributed by atoms with Crippen LogP contribution in [0.5, 0.6) is 0 Å². The van der Waals surface area contributed by atoms with Crippen LogP contribution in [0.3, 0.4) is 0 Å². The number of anilines is 1. The van der Waals surface area contributed by atoms with E-state index in [0.29, 0.717) is 12.1 Å². The number of benzene rings is 1. The van der Waals surface area contributed by atoms with Crippen LogP contribution >= 0.6 is 0 Å². The number of hydrazine groups is 1. The second kappa shape index (κ2) is 5.16. The summed E-state index contributed by atoms with van der Waals surface area (Å²) in [5.74, 6) is 0. The topological polar surface area (TPSA) is 85.7 Å². The van der Waals surface area contributed by atoms with E-state index < -0.39 is 27.9 Å². The summed E-state index contributed by atoms with van der Waals surface area (Å²) < 4.78 is 63.3. The third-order valence-corrected chi connectivity index (χ3v) is 2.10. The second-order valence-corrected chi connectivity index (χ2v) is 3.35. The van der Waals surface area contributed by atoms with E-state index in [2.05, 4.69) is 0 Å². The van der Waals surface area contributed by atoms with Crippen molar-refractivity contribution in [2.24, 2.45) is 5.28 Å². The van der Waals surface area contributed by atoms with E-state index >= 15 is 0 Å². The molecule has 1 aromatic carbocycles. The van der Waals surface area contributed by atoms with Crippen molar-refractivity contribution in [2.75, 3.05) is 5.01 Å². The van der Waals surface area contributed by atoms with Gasteiger partial charge in [0, 0.05) is 0 Å². The Bertz CT molecular complexity index is 549. The van der Waals surface area contributed by atoms with Crippen LogP contribution in [0.2, 0.25) is 0 Å². The molecule has 0 aliphatic carbocycles. The molecule has 0 fully saturated rings. The van der Waals surface area contributed by atoms with Crippen molar-refractivity contribution in [3.8, 4) is 6.07 Å². The predicted octanol–water partition coefficient (Wildman–Crippen LogP) is 2.79. The SMILES string of the molecule is N#Cc1ccc(N(/[N+]([O-])=N/O)C(F)(F)C(F)(F)F)cc1. The molecule has 6 nitrogen and oxygen atoms in total. The number of halogens is 5. The first-order valence-corrected chi connectivity index (χ1v) is 4.72. The van der Waals surface area contributed by atoms with Crippen LogP contribution in [0, 0.1) is 16.5 Å². The highest BCUT2D eigenvalue weighted by Gasteiger charge is 2.67. The fourth-order valence-electron chi connectivity index (χ4n) is 1.21. The third kappa shape index (κ3) is 2.68. The number of rotatable bonds is 3. The van der Waals surface area contributed by atoms with Gasteiger partial charge in [0.15, 0.2) is 0 Å². The molecule has 1 N–H and O–H groups in total. The van der Waals surface area contributed by atoms with Crippen molar-refractivity contribution in [2.45, 2.75) is 12.2 Å². The molecule has 0 aromatic heterocycles. The molecule has 1 aromatic rings. The first-order chi connectivity index (χ1) is 9.15. The molecule has 0 spiro atoms. The molecule has 0 radical (unpaired) electrons. The monoisotopic (exact) mass is 296 g/mol. The predicted molar refractivity (Wildman–Crippen MR) is 52.5 cm³/mol. The Labute approximate surface area is 108 Å². The summed E-state index contributed by atoms with van der Waals surface area (Å²) in [5.41, 5.74) is -0.943. The normalized spacial score (nSPS) is 12.9. The first-order valence-electron chi connectivity index (χ1n) is 4.72. The summed E-state index contributed by atoms with van der Waals surface area (Å²) >= 11 is 0. The zero-order valence-corrected chi connectivity index (χ0v) is 9.34. The highest BCUT2D eigenvalue weighted by atomic mass is 19.4. The average molecular weight is 296 g/mol. The van der Waals surface area contributed by atoms with Crippen LogP contribution < -0.4 is 5.01 Å². The number of alkyl halides is 5. The average Bonchev–Trinajstić information content (AvgIpc) is 2.38. The van der Waals surface area contributed by atoms with Gasteiger partial charge in [-0.1, -0.05) is 0 Å². The molecular formula is C9H5F5N4O2. The van der Waals surface area contributed by atoms with Crippen LogP contribution in [0.1, 0.15) is 5.56 Å². The Morgan fingerprint density at radius 1 is 1.20 bits per heavy atom. The Morgan fingerprint density at radius 2 is 1.70 bits per heavy atom. The fraction of sp³-hybridized carbons (Fsp3) is 0.222. The Balaban J connectivity index is 3.37. The molecule has 0 saturated carbocycles. The lowest BCUT2D eigenvalue weighted by atomic mass is 10.2. The highest BCUT2D eigenvalue weighted by molar-refractivity contribution is 5.48. The van der Waals surface area contributed by atoms with Crippen LogP contribution in [0.25, 0.3) is 0 Å². The second-order valence-electron chi connectivity index (χ2n) is 3.35. The summed E-state index contributed by atoms with van der Waals surface area (Å²) in [7, 11) is 0. The van der Waals surface area contributed by atoms with Crippen LogP contribution in [-0.2, 0) is 0 Å². The number of hydrogen-bond acceptors (Lipinski definition) is 3. The lowest BCUT2D eigenvalue weighted by Crippen LogP contribution is -2.55. The number of nitrogens with zero attached hydrogens (tertiary/aromatic N) is 4. The van der Waals surface area contributed by atoms with E-state index in [9.17, 15) is 27.2 Å². The quantitative estimate of drug-likeness (QED) is 0.305. The summed E-state index contributed by atoms with van der Waals surface area (Å²) in [6.45, 7) is 0. The van der Waals surface area contributed by atoms with Gasteiger partial charge in [0.25, 0.3) is 0 Å². The largest absolute Gasteiger partial charge is 0.568 e.